The van der Waals surface area contributed by atoms with E-state index in [1.807, 2.05) is 12.1 Å². The van der Waals surface area contributed by atoms with Gasteiger partial charge >= 0.3 is 15.4 Å². The second kappa shape index (κ2) is 16.2. The molecular formula is C51H67F2O6S2+. The molecule has 61 heavy (non-hydrogen) atoms. The first-order valence-electron chi connectivity index (χ1n) is 23.1. The van der Waals surface area contributed by atoms with Crippen molar-refractivity contribution >= 4 is 21.0 Å². The van der Waals surface area contributed by atoms with E-state index in [4.69, 9.17) is 18.8 Å². The highest BCUT2D eigenvalue weighted by Gasteiger charge is 2.53. The van der Waals surface area contributed by atoms with Gasteiger partial charge in [-0.1, -0.05) is 32.9 Å². The van der Waals surface area contributed by atoms with E-state index in [0.29, 0.717) is 24.0 Å². The Balaban J connectivity index is 0.974. The van der Waals surface area contributed by atoms with Crippen LogP contribution in [0.2, 0.25) is 0 Å². The Morgan fingerprint density at radius 2 is 0.967 bits per heavy atom. The molecule has 8 bridgehead atoms. The SMILES string of the molecule is CC(Oc1ccc([S+](c2ccc(C(C)(C)C)cc2)c2ccc(C(C)(OCCC34CC5CC(CC(C5)C3)C4)OCCC34CC5CC(CC(C5)C3)C4)cc2)cc1)C(F)(F)S(=O)(=O)O. The normalized spacial score (nSPS) is 32.5. The zero-order valence-electron chi connectivity index (χ0n) is 36.8. The number of benzene rings is 3. The van der Waals surface area contributed by atoms with Crippen LogP contribution in [-0.2, 0) is 41.7 Å². The van der Waals surface area contributed by atoms with Gasteiger partial charge in [0.25, 0.3) is 0 Å². The lowest BCUT2D eigenvalue weighted by molar-refractivity contribution is -0.245. The molecule has 8 aliphatic rings. The molecule has 0 amide bonds. The second-order valence-electron chi connectivity index (χ2n) is 21.9. The maximum Gasteiger partial charge on any atom is 0.405 e. The third-order valence-electron chi connectivity index (χ3n) is 16.1. The van der Waals surface area contributed by atoms with Crippen molar-refractivity contribution in [1.82, 2.24) is 0 Å². The molecule has 6 nitrogen and oxygen atoms in total. The summed E-state index contributed by atoms with van der Waals surface area (Å²) in [4.78, 5) is 3.12. The van der Waals surface area contributed by atoms with E-state index in [1.54, 1.807) is 12.1 Å². The van der Waals surface area contributed by atoms with E-state index in [0.717, 1.165) is 75.5 Å². The molecule has 10 heteroatoms. The highest BCUT2D eigenvalue weighted by Crippen LogP contribution is 2.63. The molecule has 3 aromatic rings. The summed E-state index contributed by atoms with van der Waals surface area (Å²) >= 11 is 0. The van der Waals surface area contributed by atoms with Gasteiger partial charge in [-0.05, 0) is 222 Å². The minimum atomic E-state index is -5.65. The van der Waals surface area contributed by atoms with Crippen molar-refractivity contribution in [3.63, 3.8) is 0 Å². The third kappa shape index (κ3) is 8.97. The van der Waals surface area contributed by atoms with Crippen LogP contribution in [0.4, 0.5) is 8.78 Å². The van der Waals surface area contributed by atoms with E-state index in [9.17, 15) is 17.2 Å². The number of hydrogen-bond acceptors (Lipinski definition) is 5. The summed E-state index contributed by atoms with van der Waals surface area (Å²) in [6.45, 7) is 11.0. The van der Waals surface area contributed by atoms with Gasteiger partial charge in [-0.15, -0.1) is 0 Å². The van der Waals surface area contributed by atoms with Crippen LogP contribution in [0.15, 0.2) is 87.5 Å². The first-order valence-corrected chi connectivity index (χ1v) is 25.8. The Bertz CT molecular complexity index is 2010. The van der Waals surface area contributed by atoms with Crippen LogP contribution >= 0.6 is 0 Å². The molecule has 2 unspecified atom stereocenters. The van der Waals surface area contributed by atoms with Gasteiger partial charge in [-0.2, -0.15) is 17.2 Å². The molecule has 8 saturated carbocycles. The van der Waals surface area contributed by atoms with E-state index in [1.165, 1.54) is 82.6 Å². The molecule has 8 aliphatic carbocycles. The van der Waals surface area contributed by atoms with Crippen molar-refractivity contribution in [1.29, 1.82) is 0 Å². The van der Waals surface area contributed by atoms with Crippen molar-refractivity contribution in [2.45, 2.75) is 162 Å². The van der Waals surface area contributed by atoms with Gasteiger partial charge in [0, 0.05) is 5.56 Å². The largest absolute Gasteiger partial charge is 0.483 e. The van der Waals surface area contributed by atoms with Crippen molar-refractivity contribution in [2.24, 2.45) is 46.3 Å². The number of hydrogen-bond donors (Lipinski definition) is 1. The fourth-order valence-corrected chi connectivity index (χ4v) is 16.4. The third-order valence-corrected chi connectivity index (χ3v) is 19.4. The van der Waals surface area contributed by atoms with Gasteiger partial charge in [-0.25, -0.2) is 0 Å². The summed E-state index contributed by atoms with van der Waals surface area (Å²) in [7, 11) is -6.23. The topological polar surface area (TPSA) is 82.1 Å². The quantitative estimate of drug-likeness (QED) is 0.0877. The van der Waals surface area contributed by atoms with Gasteiger partial charge in [0.05, 0.1) is 24.1 Å². The number of halogens is 2. The van der Waals surface area contributed by atoms with Crippen LogP contribution in [0, 0.1) is 46.3 Å². The molecule has 0 aromatic heterocycles. The molecule has 2 atom stereocenters. The van der Waals surface area contributed by atoms with Crippen LogP contribution < -0.4 is 4.74 Å². The number of ether oxygens (including phenoxy) is 3. The summed E-state index contributed by atoms with van der Waals surface area (Å²) in [5.41, 5.74) is 3.06. The molecule has 3 aromatic carbocycles. The lowest BCUT2D eigenvalue weighted by atomic mass is 9.49. The molecule has 0 saturated heterocycles. The summed E-state index contributed by atoms with van der Waals surface area (Å²) in [6, 6.07) is 24.2. The molecular weight excluding hydrogens is 811 g/mol. The predicted octanol–water partition coefficient (Wildman–Crippen LogP) is 12.7. The highest BCUT2D eigenvalue weighted by molar-refractivity contribution is 7.97. The van der Waals surface area contributed by atoms with Gasteiger partial charge in [0.1, 0.15) is 5.75 Å². The fraction of sp³-hybridized carbons (Fsp3) is 0.647. The summed E-state index contributed by atoms with van der Waals surface area (Å²) in [6.07, 6.45) is 16.9. The number of alkyl halides is 2. The zero-order valence-corrected chi connectivity index (χ0v) is 38.5. The number of rotatable bonds is 16. The lowest BCUT2D eigenvalue weighted by Gasteiger charge is -2.57. The Hall–Kier alpha value is -2.50. The van der Waals surface area contributed by atoms with Gasteiger partial charge in [-0.3, -0.25) is 4.55 Å². The molecule has 0 radical (unpaired) electrons. The van der Waals surface area contributed by atoms with Crippen LogP contribution in [0.3, 0.4) is 0 Å². The van der Waals surface area contributed by atoms with Gasteiger partial charge < -0.3 is 14.2 Å². The summed E-state index contributed by atoms with van der Waals surface area (Å²) in [5.74, 6) is 4.61. The highest BCUT2D eigenvalue weighted by atomic mass is 32.2. The van der Waals surface area contributed by atoms with Gasteiger partial charge in [0.2, 0.25) is 0 Å². The average molecular weight is 878 g/mol. The molecule has 1 N–H and O–H groups in total. The van der Waals surface area contributed by atoms with Crippen molar-refractivity contribution in [3.8, 4) is 5.75 Å². The van der Waals surface area contributed by atoms with Crippen LogP contribution in [0.1, 0.15) is 136 Å². The molecule has 0 spiro atoms. The molecule has 332 valence electrons. The van der Waals surface area contributed by atoms with Crippen molar-refractivity contribution < 1.29 is 36.0 Å². The van der Waals surface area contributed by atoms with E-state index in [2.05, 4.69) is 76.2 Å². The Labute approximate surface area is 366 Å². The monoisotopic (exact) mass is 877 g/mol. The van der Waals surface area contributed by atoms with Gasteiger partial charge in [0.15, 0.2) is 26.6 Å². The minimum absolute atomic E-state index is 0.0194. The Morgan fingerprint density at radius 3 is 1.31 bits per heavy atom. The molecule has 11 rings (SSSR count). The van der Waals surface area contributed by atoms with Crippen LogP contribution in [0.5, 0.6) is 5.75 Å². The predicted molar refractivity (Wildman–Crippen MR) is 236 cm³/mol. The second-order valence-corrected chi connectivity index (χ2v) is 25.4. The first-order chi connectivity index (χ1) is 28.8. The van der Waals surface area contributed by atoms with Crippen molar-refractivity contribution in [3.05, 3.63) is 83.9 Å². The standard InChI is InChI=1S/C51H66F2O6S2/c1-34(51(52,53)61(54,55)56)59-43-10-16-46(17-11-43)60(44-12-6-41(7-13-44)47(2,3)4)45-14-8-42(9-15-45)48(5,57-20-18-49-28-35-22-36(29-49)24-37(23-35)30-49)58-21-19-50-31-38-25-39(32-50)27-40(26-38)33-50/h6-17,34-40H,18-33H2,1-5H3/p+1. The van der Waals surface area contributed by atoms with Crippen molar-refractivity contribution in [2.75, 3.05) is 13.2 Å². The Morgan fingerprint density at radius 1 is 0.623 bits per heavy atom. The van der Waals surface area contributed by atoms with E-state index < -0.39 is 38.2 Å². The maximum atomic E-state index is 14.4. The molecule has 0 aliphatic heterocycles. The average Bonchev–Trinajstić information content (AvgIpc) is 3.17. The fourth-order valence-electron chi connectivity index (χ4n) is 13.9. The molecule has 0 heterocycles. The van der Waals surface area contributed by atoms with E-state index in [-0.39, 0.29) is 11.2 Å². The summed E-state index contributed by atoms with van der Waals surface area (Å²) in [5, 5.41) is -4.46. The Kier molecular flexibility index (Phi) is 11.6. The van der Waals surface area contributed by atoms with Crippen LogP contribution in [0.25, 0.3) is 0 Å². The molecule has 8 fully saturated rings. The lowest BCUT2D eigenvalue weighted by Crippen LogP contribution is -2.47. The zero-order chi connectivity index (χ0) is 43.0. The smallest absolute Gasteiger partial charge is 0.405 e. The first kappa shape index (κ1) is 43.7. The maximum absolute atomic E-state index is 14.4. The summed E-state index contributed by atoms with van der Waals surface area (Å²) < 4.78 is 80.0. The minimum Gasteiger partial charge on any atom is -0.483 e. The van der Waals surface area contributed by atoms with Crippen LogP contribution in [-0.4, -0.2) is 37.5 Å². The van der Waals surface area contributed by atoms with E-state index >= 15 is 0 Å².